The van der Waals surface area contributed by atoms with Crippen LogP contribution >= 0.6 is 15.9 Å². The normalized spacial score (nSPS) is 10.4. The average Bonchev–Trinajstić information content (AvgIpc) is 2.67. The molecule has 0 unspecified atom stereocenters. The molecule has 1 heterocycles. The Kier molecular flexibility index (Phi) is 3.09. The summed E-state index contributed by atoms with van der Waals surface area (Å²) in [5.41, 5.74) is 7.16. The number of anilines is 1. The van der Waals surface area contributed by atoms with E-state index < -0.39 is 0 Å². The van der Waals surface area contributed by atoms with E-state index in [-0.39, 0.29) is 0 Å². The second kappa shape index (κ2) is 4.52. The van der Waals surface area contributed by atoms with Crippen molar-refractivity contribution < 1.29 is 4.74 Å². The molecule has 6 heteroatoms. The Bertz CT molecular complexity index is 497. The van der Waals surface area contributed by atoms with E-state index in [9.17, 15) is 0 Å². The summed E-state index contributed by atoms with van der Waals surface area (Å²) in [5.74, 6) is 0.700. The fourth-order valence-electron chi connectivity index (χ4n) is 1.25. The van der Waals surface area contributed by atoms with Crippen LogP contribution in [0.4, 0.5) is 5.69 Å². The van der Waals surface area contributed by atoms with Crippen LogP contribution < -0.4 is 10.5 Å². The van der Waals surface area contributed by atoms with Crippen LogP contribution in [0.5, 0.6) is 5.75 Å². The van der Waals surface area contributed by atoms with Crippen LogP contribution in [0, 0.1) is 0 Å². The first kappa shape index (κ1) is 10.9. The lowest BCUT2D eigenvalue weighted by molar-refractivity contribution is 0.299. The number of rotatable bonds is 3. The van der Waals surface area contributed by atoms with E-state index in [4.69, 9.17) is 10.5 Å². The summed E-state index contributed by atoms with van der Waals surface area (Å²) in [5, 5.41) is 7.74. The number of hydrogen-bond donors (Lipinski definition) is 1. The molecule has 1 aromatic carbocycles. The zero-order chi connectivity index (χ0) is 11.5. The van der Waals surface area contributed by atoms with Crippen molar-refractivity contribution in [1.82, 2.24) is 15.0 Å². The SMILES string of the molecule is Cn1cc(COc2cccc(N)c2Br)nn1. The van der Waals surface area contributed by atoms with Crippen molar-refractivity contribution in [3.05, 3.63) is 34.6 Å². The van der Waals surface area contributed by atoms with Crippen LogP contribution in [0.2, 0.25) is 0 Å². The molecule has 0 spiro atoms. The van der Waals surface area contributed by atoms with E-state index in [0.29, 0.717) is 18.0 Å². The van der Waals surface area contributed by atoms with Crippen molar-refractivity contribution in [2.75, 3.05) is 5.73 Å². The topological polar surface area (TPSA) is 66.0 Å². The third kappa shape index (κ3) is 2.33. The Morgan fingerprint density at radius 3 is 3.00 bits per heavy atom. The second-order valence-electron chi connectivity index (χ2n) is 3.33. The van der Waals surface area contributed by atoms with Crippen molar-refractivity contribution in [3.63, 3.8) is 0 Å². The largest absolute Gasteiger partial charge is 0.486 e. The van der Waals surface area contributed by atoms with Gasteiger partial charge < -0.3 is 10.5 Å². The van der Waals surface area contributed by atoms with Gasteiger partial charge in [-0.05, 0) is 28.1 Å². The molecule has 0 saturated carbocycles. The zero-order valence-electron chi connectivity index (χ0n) is 8.72. The predicted octanol–water partition coefficient (Wildman–Crippen LogP) is 1.74. The van der Waals surface area contributed by atoms with Crippen molar-refractivity contribution >= 4 is 21.6 Å². The quantitative estimate of drug-likeness (QED) is 0.871. The molecule has 16 heavy (non-hydrogen) atoms. The minimum absolute atomic E-state index is 0.371. The molecule has 84 valence electrons. The Balaban J connectivity index is 2.07. The number of aryl methyl sites for hydroxylation is 1. The molecular weight excluding hydrogens is 272 g/mol. The highest BCUT2D eigenvalue weighted by Crippen LogP contribution is 2.30. The van der Waals surface area contributed by atoms with Crippen molar-refractivity contribution in [2.24, 2.45) is 7.05 Å². The monoisotopic (exact) mass is 282 g/mol. The van der Waals surface area contributed by atoms with E-state index in [1.54, 1.807) is 16.9 Å². The molecule has 2 aromatic rings. The Morgan fingerprint density at radius 1 is 1.50 bits per heavy atom. The van der Waals surface area contributed by atoms with Crippen LogP contribution in [-0.2, 0) is 13.7 Å². The molecule has 0 amide bonds. The lowest BCUT2D eigenvalue weighted by Gasteiger charge is -2.07. The highest BCUT2D eigenvalue weighted by Gasteiger charge is 2.05. The lowest BCUT2D eigenvalue weighted by Crippen LogP contribution is -1.98. The Labute approximate surface area is 101 Å². The van der Waals surface area contributed by atoms with Gasteiger partial charge in [-0.15, -0.1) is 5.10 Å². The number of hydrogen-bond acceptors (Lipinski definition) is 4. The van der Waals surface area contributed by atoms with Crippen molar-refractivity contribution in [1.29, 1.82) is 0 Å². The maximum atomic E-state index is 5.73. The van der Waals surface area contributed by atoms with Crippen molar-refractivity contribution in [2.45, 2.75) is 6.61 Å². The first-order valence-corrected chi connectivity index (χ1v) is 5.48. The Morgan fingerprint density at radius 2 is 2.31 bits per heavy atom. The van der Waals surface area contributed by atoms with Gasteiger partial charge in [0.05, 0.1) is 10.7 Å². The second-order valence-corrected chi connectivity index (χ2v) is 4.12. The standard InChI is InChI=1S/C10H11BrN4O/c1-15-5-7(13-14-15)6-16-9-4-2-3-8(12)10(9)11/h2-5H,6,12H2,1H3. The molecule has 0 fully saturated rings. The molecule has 2 N–H and O–H groups in total. The molecule has 0 saturated heterocycles. The molecule has 5 nitrogen and oxygen atoms in total. The van der Waals surface area contributed by atoms with Gasteiger partial charge >= 0.3 is 0 Å². The fraction of sp³-hybridized carbons (Fsp3) is 0.200. The molecule has 0 aliphatic rings. The third-order valence-corrected chi connectivity index (χ3v) is 2.87. The van der Waals surface area contributed by atoms with Gasteiger partial charge in [-0.2, -0.15) is 0 Å². The van der Waals surface area contributed by atoms with Crippen LogP contribution in [0.15, 0.2) is 28.9 Å². The molecule has 0 aliphatic carbocycles. The third-order valence-electron chi connectivity index (χ3n) is 2.02. The predicted molar refractivity (Wildman–Crippen MR) is 63.9 cm³/mol. The van der Waals surface area contributed by atoms with Crippen LogP contribution in [-0.4, -0.2) is 15.0 Å². The number of nitrogens with zero attached hydrogens (tertiary/aromatic N) is 3. The molecule has 0 bridgehead atoms. The summed E-state index contributed by atoms with van der Waals surface area (Å²) in [4.78, 5) is 0. The highest BCUT2D eigenvalue weighted by molar-refractivity contribution is 9.10. The summed E-state index contributed by atoms with van der Waals surface area (Å²) in [7, 11) is 1.81. The summed E-state index contributed by atoms with van der Waals surface area (Å²) < 4.78 is 7.97. The number of aromatic nitrogens is 3. The van der Waals surface area contributed by atoms with Gasteiger partial charge in [0.1, 0.15) is 18.1 Å². The molecule has 1 aromatic heterocycles. The van der Waals surface area contributed by atoms with E-state index in [2.05, 4.69) is 26.2 Å². The van der Waals surface area contributed by atoms with Crippen LogP contribution in [0.1, 0.15) is 5.69 Å². The zero-order valence-corrected chi connectivity index (χ0v) is 10.3. The first-order chi connectivity index (χ1) is 7.66. The summed E-state index contributed by atoms with van der Waals surface area (Å²) in [6, 6.07) is 5.49. The number of ether oxygens (including phenoxy) is 1. The van der Waals surface area contributed by atoms with E-state index >= 15 is 0 Å². The lowest BCUT2D eigenvalue weighted by atomic mass is 10.3. The number of benzene rings is 1. The van der Waals surface area contributed by atoms with Gasteiger partial charge in [-0.25, -0.2) is 0 Å². The molecule has 2 rings (SSSR count). The molecule has 0 aliphatic heterocycles. The van der Waals surface area contributed by atoms with E-state index in [1.807, 2.05) is 19.2 Å². The van der Waals surface area contributed by atoms with E-state index in [0.717, 1.165) is 10.2 Å². The van der Waals surface area contributed by atoms with E-state index in [1.165, 1.54) is 0 Å². The Hall–Kier alpha value is -1.56. The molecule has 0 radical (unpaired) electrons. The van der Waals surface area contributed by atoms with Gasteiger partial charge in [0.2, 0.25) is 0 Å². The summed E-state index contributed by atoms with van der Waals surface area (Å²) >= 11 is 3.37. The van der Waals surface area contributed by atoms with Gasteiger partial charge in [0.15, 0.2) is 0 Å². The maximum absolute atomic E-state index is 5.73. The molecule has 0 atom stereocenters. The van der Waals surface area contributed by atoms with Gasteiger partial charge in [-0.1, -0.05) is 11.3 Å². The summed E-state index contributed by atoms with van der Waals surface area (Å²) in [6.45, 7) is 0.371. The number of nitrogens with two attached hydrogens (primary N) is 1. The first-order valence-electron chi connectivity index (χ1n) is 4.69. The maximum Gasteiger partial charge on any atom is 0.136 e. The smallest absolute Gasteiger partial charge is 0.136 e. The minimum atomic E-state index is 0.371. The van der Waals surface area contributed by atoms with Gasteiger partial charge in [-0.3, -0.25) is 4.68 Å². The molecular formula is C10H11BrN4O. The number of nitrogen functional groups attached to an aromatic ring is 1. The minimum Gasteiger partial charge on any atom is -0.486 e. The number of halogens is 1. The summed E-state index contributed by atoms with van der Waals surface area (Å²) in [6.07, 6.45) is 1.81. The van der Waals surface area contributed by atoms with Crippen LogP contribution in [0.25, 0.3) is 0 Å². The fourth-order valence-corrected chi connectivity index (χ4v) is 1.63. The van der Waals surface area contributed by atoms with Crippen LogP contribution in [0.3, 0.4) is 0 Å². The van der Waals surface area contributed by atoms with Gasteiger partial charge in [0, 0.05) is 12.7 Å². The van der Waals surface area contributed by atoms with Gasteiger partial charge in [0.25, 0.3) is 0 Å². The average molecular weight is 283 g/mol. The highest BCUT2D eigenvalue weighted by atomic mass is 79.9. The van der Waals surface area contributed by atoms with Crippen molar-refractivity contribution in [3.8, 4) is 5.75 Å².